The van der Waals surface area contributed by atoms with E-state index in [1.54, 1.807) is 0 Å². The summed E-state index contributed by atoms with van der Waals surface area (Å²) in [6.07, 6.45) is 2.98. The van der Waals surface area contributed by atoms with E-state index in [0.717, 1.165) is 48.5 Å². The third-order valence-electron chi connectivity index (χ3n) is 4.55. The van der Waals surface area contributed by atoms with Gasteiger partial charge in [0.05, 0.1) is 6.10 Å². The van der Waals surface area contributed by atoms with Gasteiger partial charge in [-0.25, -0.2) is 0 Å². The van der Waals surface area contributed by atoms with Gasteiger partial charge in [0.2, 0.25) is 0 Å². The zero-order valence-corrected chi connectivity index (χ0v) is 15.5. The van der Waals surface area contributed by atoms with Gasteiger partial charge in [0, 0.05) is 23.5 Å². The van der Waals surface area contributed by atoms with Crippen molar-refractivity contribution in [3.05, 3.63) is 53.6 Å². The first-order chi connectivity index (χ1) is 11.6. The van der Waals surface area contributed by atoms with Crippen LogP contribution >= 0.6 is 12.4 Å². The number of rotatable bonds is 4. The van der Waals surface area contributed by atoms with Crippen LogP contribution < -0.4 is 15.4 Å². The molecule has 1 heterocycles. The number of hydrogen-bond donors (Lipinski definition) is 1. The normalized spacial score (nSPS) is 14.2. The largest absolute Gasteiger partial charge is 0.491 e. The predicted molar refractivity (Wildman–Crippen MR) is 105 cm³/mol. The van der Waals surface area contributed by atoms with Crippen molar-refractivity contribution in [2.24, 2.45) is 0 Å². The van der Waals surface area contributed by atoms with Crippen molar-refractivity contribution < 1.29 is 9.53 Å². The van der Waals surface area contributed by atoms with E-state index in [1.165, 1.54) is 0 Å². The first-order valence-electron chi connectivity index (χ1n) is 8.56. The van der Waals surface area contributed by atoms with Crippen LogP contribution in [0.5, 0.6) is 5.75 Å². The summed E-state index contributed by atoms with van der Waals surface area (Å²) in [4.78, 5) is 14.7. The summed E-state index contributed by atoms with van der Waals surface area (Å²) in [5.74, 6) is 0.806. The average molecular weight is 361 g/mol. The highest BCUT2D eigenvalue weighted by molar-refractivity contribution is 6.07. The number of amides is 1. The lowest BCUT2D eigenvalue weighted by Gasteiger charge is -2.30. The molecular weight excluding hydrogens is 336 g/mol. The van der Waals surface area contributed by atoms with Crippen molar-refractivity contribution in [3.63, 3.8) is 0 Å². The van der Waals surface area contributed by atoms with Gasteiger partial charge < -0.3 is 15.4 Å². The molecule has 1 amide bonds. The van der Waals surface area contributed by atoms with E-state index in [-0.39, 0.29) is 24.4 Å². The summed E-state index contributed by atoms with van der Waals surface area (Å²) < 4.78 is 5.77. The van der Waals surface area contributed by atoms with E-state index in [4.69, 9.17) is 10.5 Å². The smallest absolute Gasteiger partial charge is 0.258 e. The Morgan fingerprint density at radius 2 is 1.96 bits per heavy atom. The lowest BCUT2D eigenvalue weighted by atomic mass is 9.99. The SMILES string of the molecule is CCC(C)Oc1ccc(C(=O)N2CCCc3c(N)cccc32)cc1.Cl. The van der Waals surface area contributed by atoms with Crippen LogP contribution in [-0.4, -0.2) is 18.6 Å². The third-order valence-corrected chi connectivity index (χ3v) is 4.55. The number of halogens is 1. The first-order valence-corrected chi connectivity index (χ1v) is 8.56. The minimum absolute atomic E-state index is 0. The summed E-state index contributed by atoms with van der Waals surface area (Å²) >= 11 is 0. The molecule has 5 heteroatoms. The van der Waals surface area contributed by atoms with E-state index < -0.39 is 0 Å². The number of ether oxygens (including phenoxy) is 1. The van der Waals surface area contributed by atoms with Crippen LogP contribution in [0.2, 0.25) is 0 Å². The maximum absolute atomic E-state index is 12.9. The second-order valence-corrected chi connectivity index (χ2v) is 6.27. The van der Waals surface area contributed by atoms with Gasteiger partial charge in [-0.05, 0) is 68.1 Å². The second-order valence-electron chi connectivity index (χ2n) is 6.27. The lowest BCUT2D eigenvalue weighted by Crippen LogP contribution is -2.35. The van der Waals surface area contributed by atoms with Gasteiger partial charge in [-0.15, -0.1) is 12.4 Å². The monoisotopic (exact) mass is 360 g/mol. The van der Waals surface area contributed by atoms with Crippen LogP contribution in [0.1, 0.15) is 42.6 Å². The Bertz CT molecular complexity index is 731. The molecule has 25 heavy (non-hydrogen) atoms. The number of anilines is 2. The summed E-state index contributed by atoms with van der Waals surface area (Å²) in [7, 11) is 0. The third kappa shape index (κ3) is 4.07. The number of fused-ring (bicyclic) bond motifs is 1. The number of carbonyl (C=O) groups excluding carboxylic acids is 1. The Hall–Kier alpha value is -2.20. The van der Waals surface area contributed by atoms with Crippen LogP contribution in [0.4, 0.5) is 11.4 Å². The summed E-state index contributed by atoms with van der Waals surface area (Å²) in [6, 6.07) is 13.2. The molecule has 1 aliphatic rings. The van der Waals surface area contributed by atoms with Gasteiger partial charge in [0.25, 0.3) is 5.91 Å². The highest BCUT2D eigenvalue weighted by Gasteiger charge is 2.24. The summed E-state index contributed by atoms with van der Waals surface area (Å²) in [5.41, 5.74) is 9.52. The molecule has 0 aromatic heterocycles. The summed E-state index contributed by atoms with van der Waals surface area (Å²) in [5, 5.41) is 0. The molecule has 2 N–H and O–H groups in total. The van der Waals surface area contributed by atoms with Gasteiger partial charge in [-0.3, -0.25) is 4.79 Å². The van der Waals surface area contributed by atoms with Crippen LogP contribution in [-0.2, 0) is 6.42 Å². The molecule has 0 aliphatic carbocycles. The maximum Gasteiger partial charge on any atom is 0.258 e. The Labute approximate surface area is 155 Å². The Morgan fingerprint density at radius 1 is 1.24 bits per heavy atom. The molecule has 1 atom stereocenters. The molecule has 0 saturated carbocycles. The number of carbonyl (C=O) groups is 1. The minimum atomic E-state index is 0. The molecule has 1 aliphatic heterocycles. The lowest BCUT2D eigenvalue weighted by molar-refractivity contribution is 0.0985. The molecule has 0 saturated heterocycles. The van der Waals surface area contributed by atoms with E-state index in [9.17, 15) is 4.79 Å². The molecule has 0 fully saturated rings. The average Bonchev–Trinajstić information content (AvgIpc) is 2.61. The van der Waals surface area contributed by atoms with Crippen molar-refractivity contribution in [2.45, 2.75) is 39.2 Å². The molecule has 0 radical (unpaired) electrons. The molecule has 4 nitrogen and oxygen atoms in total. The molecule has 0 bridgehead atoms. The summed E-state index contributed by atoms with van der Waals surface area (Å²) in [6.45, 7) is 4.84. The highest BCUT2D eigenvalue weighted by Crippen LogP contribution is 2.32. The predicted octanol–water partition coefficient (Wildman–Crippen LogP) is 4.46. The zero-order chi connectivity index (χ0) is 17.1. The number of nitrogens with zero attached hydrogens (tertiary/aromatic N) is 1. The standard InChI is InChI=1S/C20H24N2O2.ClH/c1-3-14(2)24-16-11-9-15(10-12-16)20(23)22-13-5-6-17-18(21)7-4-8-19(17)22;/h4,7-12,14H,3,5-6,13,21H2,1-2H3;1H. The van der Waals surface area contributed by atoms with Crippen LogP contribution in [0.15, 0.2) is 42.5 Å². The second kappa shape index (κ2) is 8.26. The van der Waals surface area contributed by atoms with Crippen molar-refractivity contribution in [1.82, 2.24) is 0 Å². The molecule has 0 spiro atoms. The van der Waals surface area contributed by atoms with Gasteiger partial charge in [-0.2, -0.15) is 0 Å². The highest BCUT2D eigenvalue weighted by atomic mass is 35.5. The van der Waals surface area contributed by atoms with Crippen LogP contribution in [0.3, 0.4) is 0 Å². The Balaban J connectivity index is 0.00000225. The van der Waals surface area contributed by atoms with Crippen LogP contribution in [0, 0.1) is 0 Å². The zero-order valence-electron chi connectivity index (χ0n) is 14.7. The first kappa shape index (κ1) is 19.1. The number of nitrogens with two attached hydrogens (primary N) is 1. The van der Waals surface area contributed by atoms with Gasteiger partial charge in [0.1, 0.15) is 5.75 Å². The Morgan fingerprint density at radius 3 is 2.64 bits per heavy atom. The maximum atomic E-state index is 12.9. The van der Waals surface area contributed by atoms with E-state index in [1.807, 2.05) is 54.3 Å². The molecule has 1 unspecified atom stereocenters. The van der Waals surface area contributed by atoms with Gasteiger partial charge in [-0.1, -0.05) is 13.0 Å². The molecule has 3 rings (SSSR count). The number of nitrogen functional groups attached to an aromatic ring is 1. The number of benzene rings is 2. The van der Waals surface area contributed by atoms with Crippen LogP contribution in [0.25, 0.3) is 0 Å². The van der Waals surface area contributed by atoms with Crippen molar-refractivity contribution in [3.8, 4) is 5.75 Å². The van der Waals surface area contributed by atoms with Crippen molar-refractivity contribution in [2.75, 3.05) is 17.2 Å². The minimum Gasteiger partial charge on any atom is -0.491 e. The van der Waals surface area contributed by atoms with Gasteiger partial charge in [0.15, 0.2) is 0 Å². The fourth-order valence-corrected chi connectivity index (χ4v) is 3.01. The van der Waals surface area contributed by atoms with Crippen molar-refractivity contribution >= 4 is 29.7 Å². The van der Waals surface area contributed by atoms with E-state index in [0.29, 0.717) is 5.56 Å². The van der Waals surface area contributed by atoms with E-state index in [2.05, 4.69) is 6.92 Å². The molecule has 2 aromatic rings. The van der Waals surface area contributed by atoms with Gasteiger partial charge >= 0.3 is 0 Å². The fraction of sp³-hybridized carbons (Fsp3) is 0.350. The van der Waals surface area contributed by atoms with E-state index >= 15 is 0 Å². The topological polar surface area (TPSA) is 55.6 Å². The number of hydrogen-bond acceptors (Lipinski definition) is 3. The Kier molecular flexibility index (Phi) is 6.32. The fourth-order valence-electron chi connectivity index (χ4n) is 3.01. The quantitative estimate of drug-likeness (QED) is 0.819. The molecule has 2 aromatic carbocycles. The van der Waals surface area contributed by atoms with Crippen molar-refractivity contribution in [1.29, 1.82) is 0 Å². The molecule has 134 valence electrons. The molecular formula is C20H25ClN2O2.